The predicted molar refractivity (Wildman–Crippen MR) is 102 cm³/mol. The standard InChI is InChI=1S/C17H33N3O.2ClH/c1-12(2)9-14(20(3)4)11-18-17(21)16-10-13-7-5-6-8-15(13)19-16;;/h12-16,19H,5-11H2,1-4H3,(H,18,21);2*1H. The molecule has 1 aliphatic carbocycles. The number of rotatable bonds is 6. The fraction of sp³-hybridized carbons (Fsp3) is 0.941. The first kappa shape index (κ1) is 23.0. The Kier molecular flexibility index (Phi) is 10.7. The molecule has 1 aliphatic heterocycles. The van der Waals surface area contributed by atoms with Crippen molar-refractivity contribution in [3.63, 3.8) is 0 Å². The Balaban J connectivity index is 0.00000242. The molecule has 1 saturated heterocycles. The van der Waals surface area contributed by atoms with Crippen LogP contribution in [0.15, 0.2) is 0 Å². The summed E-state index contributed by atoms with van der Waals surface area (Å²) in [4.78, 5) is 14.6. The fourth-order valence-electron chi connectivity index (χ4n) is 3.88. The maximum atomic E-state index is 12.4. The minimum Gasteiger partial charge on any atom is -0.353 e. The average molecular weight is 368 g/mol. The molecule has 6 heteroatoms. The van der Waals surface area contributed by atoms with Gasteiger partial charge in [-0.1, -0.05) is 26.7 Å². The largest absolute Gasteiger partial charge is 0.353 e. The molecule has 2 fully saturated rings. The van der Waals surface area contributed by atoms with Gasteiger partial charge in [0.2, 0.25) is 5.91 Å². The molecule has 0 radical (unpaired) electrons. The zero-order valence-corrected chi connectivity index (χ0v) is 16.6. The van der Waals surface area contributed by atoms with Crippen LogP contribution in [0.4, 0.5) is 0 Å². The van der Waals surface area contributed by atoms with E-state index in [1.54, 1.807) is 0 Å². The maximum absolute atomic E-state index is 12.4. The van der Waals surface area contributed by atoms with E-state index < -0.39 is 0 Å². The van der Waals surface area contributed by atoms with E-state index in [9.17, 15) is 4.79 Å². The molecule has 4 atom stereocenters. The summed E-state index contributed by atoms with van der Waals surface area (Å²) in [5, 5.41) is 6.74. The number of fused-ring (bicyclic) bond motifs is 1. The Hall–Kier alpha value is -0.0300. The van der Waals surface area contributed by atoms with Gasteiger partial charge in [-0.25, -0.2) is 0 Å². The summed E-state index contributed by atoms with van der Waals surface area (Å²) < 4.78 is 0. The minimum absolute atomic E-state index is 0. The molecule has 1 saturated carbocycles. The highest BCUT2D eigenvalue weighted by molar-refractivity contribution is 5.85. The Bertz CT molecular complexity index is 339. The van der Waals surface area contributed by atoms with Crippen LogP contribution in [0.3, 0.4) is 0 Å². The molecule has 4 unspecified atom stereocenters. The van der Waals surface area contributed by atoms with Crippen LogP contribution in [0.5, 0.6) is 0 Å². The predicted octanol–water partition coefficient (Wildman–Crippen LogP) is 2.84. The second-order valence-corrected chi connectivity index (χ2v) is 7.60. The number of hydrogen-bond donors (Lipinski definition) is 2. The van der Waals surface area contributed by atoms with E-state index >= 15 is 0 Å². The first-order valence-corrected chi connectivity index (χ1v) is 8.67. The summed E-state index contributed by atoms with van der Waals surface area (Å²) in [6, 6.07) is 1.06. The molecule has 1 amide bonds. The van der Waals surface area contributed by atoms with Crippen molar-refractivity contribution in [2.45, 2.75) is 70.5 Å². The smallest absolute Gasteiger partial charge is 0.237 e. The SMILES string of the molecule is CC(C)CC(CNC(=O)C1CC2CCCCC2N1)N(C)C.Cl.Cl. The molecular weight excluding hydrogens is 333 g/mol. The number of likely N-dealkylation sites (N-methyl/N-ethyl adjacent to an activating group) is 1. The van der Waals surface area contributed by atoms with E-state index in [1.807, 2.05) is 0 Å². The molecule has 2 rings (SSSR count). The summed E-state index contributed by atoms with van der Waals surface area (Å²) in [7, 11) is 4.20. The fourth-order valence-corrected chi connectivity index (χ4v) is 3.88. The van der Waals surface area contributed by atoms with Gasteiger partial charge in [-0.2, -0.15) is 0 Å². The molecule has 1 heterocycles. The lowest BCUT2D eigenvalue weighted by Crippen LogP contribution is -2.47. The van der Waals surface area contributed by atoms with E-state index in [2.05, 4.69) is 43.5 Å². The zero-order chi connectivity index (χ0) is 15.4. The van der Waals surface area contributed by atoms with Crippen LogP contribution >= 0.6 is 24.8 Å². The maximum Gasteiger partial charge on any atom is 0.237 e. The highest BCUT2D eigenvalue weighted by atomic mass is 35.5. The van der Waals surface area contributed by atoms with Gasteiger partial charge < -0.3 is 15.5 Å². The van der Waals surface area contributed by atoms with Gasteiger partial charge >= 0.3 is 0 Å². The van der Waals surface area contributed by atoms with Crippen molar-refractivity contribution in [1.82, 2.24) is 15.5 Å². The van der Waals surface area contributed by atoms with E-state index in [0.29, 0.717) is 18.0 Å². The number of amides is 1. The highest BCUT2D eigenvalue weighted by Crippen LogP contribution is 2.33. The van der Waals surface area contributed by atoms with Gasteiger partial charge in [0, 0.05) is 18.6 Å². The average Bonchev–Trinajstić information content (AvgIpc) is 2.86. The molecule has 0 aromatic rings. The van der Waals surface area contributed by atoms with E-state index in [0.717, 1.165) is 25.3 Å². The summed E-state index contributed by atoms with van der Waals surface area (Å²) in [5.41, 5.74) is 0. The van der Waals surface area contributed by atoms with Crippen LogP contribution in [-0.2, 0) is 4.79 Å². The highest BCUT2D eigenvalue weighted by Gasteiger charge is 2.38. The number of halogens is 2. The van der Waals surface area contributed by atoms with Crippen molar-refractivity contribution in [3.8, 4) is 0 Å². The molecule has 23 heavy (non-hydrogen) atoms. The van der Waals surface area contributed by atoms with Crippen molar-refractivity contribution in [1.29, 1.82) is 0 Å². The Morgan fingerprint density at radius 2 is 1.87 bits per heavy atom. The van der Waals surface area contributed by atoms with Crippen molar-refractivity contribution in [2.75, 3.05) is 20.6 Å². The van der Waals surface area contributed by atoms with Crippen LogP contribution in [-0.4, -0.2) is 49.6 Å². The second kappa shape index (κ2) is 10.8. The third-order valence-corrected chi connectivity index (χ3v) is 5.16. The van der Waals surface area contributed by atoms with Crippen LogP contribution in [0, 0.1) is 11.8 Å². The molecule has 0 bridgehead atoms. The molecule has 2 aliphatic rings. The number of carbonyl (C=O) groups is 1. The minimum atomic E-state index is 0. The van der Waals surface area contributed by atoms with E-state index in [-0.39, 0.29) is 36.8 Å². The van der Waals surface area contributed by atoms with Gasteiger partial charge in [0.05, 0.1) is 6.04 Å². The van der Waals surface area contributed by atoms with Crippen LogP contribution in [0.25, 0.3) is 0 Å². The van der Waals surface area contributed by atoms with Gasteiger partial charge in [-0.3, -0.25) is 4.79 Å². The molecule has 0 aromatic carbocycles. The lowest BCUT2D eigenvalue weighted by Gasteiger charge is -2.27. The quantitative estimate of drug-likeness (QED) is 0.758. The molecule has 2 N–H and O–H groups in total. The molecule has 0 spiro atoms. The van der Waals surface area contributed by atoms with Gasteiger partial charge in [-0.15, -0.1) is 24.8 Å². The summed E-state index contributed by atoms with van der Waals surface area (Å²) in [6.45, 7) is 5.24. The molecule has 0 aromatic heterocycles. The van der Waals surface area contributed by atoms with Gasteiger partial charge in [0.15, 0.2) is 0 Å². The van der Waals surface area contributed by atoms with Gasteiger partial charge in [0.25, 0.3) is 0 Å². The van der Waals surface area contributed by atoms with Crippen molar-refractivity contribution >= 4 is 30.7 Å². The molecule has 4 nitrogen and oxygen atoms in total. The first-order valence-electron chi connectivity index (χ1n) is 8.67. The second-order valence-electron chi connectivity index (χ2n) is 7.60. The summed E-state index contributed by atoms with van der Waals surface area (Å²) in [6.07, 6.45) is 7.37. The van der Waals surface area contributed by atoms with Crippen LogP contribution in [0.2, 0.25) is 0 Å². The van der Waals surface area contributed by atoms with Crippen molar-refractivity contribution in [3.05, 3.63) is 0 Å². The number of nitrogens with one attached hydrogen (secondary N) is 2. The van der Waals surface area contributed by atoms with Crippen LogP contribution < -0.4 is 10.6 Å². The third-order valence-electron chi connectivity index (χ3n) is 5.16. The Morgan fingerprint density at radius 3 is 2.43 bits per heavy atom. The zero-order valence-electron chi connectivity index (χ0n) is 15.0. The Labute approximate surface area is 154 Å². The Morgan fingerprint density at radius 1 is 1.22 bits per heavy atom. The van der Waals surface area contributed by atoms with Gasteiger partial charge in [-0.05, 0) is 51.6 Å². The lowest BCUT2D eigenvalue weighted by atomic mass is 9.85. The lowest BCUT2D eigenvalue weighted by molar-refractivity contribution is -0.123. The third kappa shape index (κ3) is 6.77. The number of hydrogen-bond acceptors (Lipinski definition) is 3. The van der Waals surface area contributed by atoms with Crippen molar-refractivity contribution in [2.24, 2.45) is 11.8 Å². The normalized spacial score (nSPS) is 27.8. The van der Waals surface area contributed by atoms with Crippen molar-refractivity contribution < 1.29 is 4.79 Å². The summed E-state index contributed by atoms with van der Waals surface area (Å²) >= 11 is 0. The number of nitrogens with zero attached hydrogens (tertiary/aromatic N) is 1. The number of carbonyl (C=O) groups excluding carboxylic acids is 1. The molecule has 138 valence electrons. The van der Waals surface area contributed by atoms with Crippen LogP contribution in [0.1, 0.15) is 52.4 Å². The van der Waals surface area contributed by atoms with Gasteiger partial charge in [0.1, 0.15) is 0 Å². The van der Waals surface area contributed by atoms with E-state index in [4.69, 9.17) is 0 Å². The topological polar surface area (TPSA) is 44.4 Å². The van der Waals surface area contributed by atoms with E-state index in [1.165, 1.54) is 25.7 Å². The monoisotopic (exact) mass is 367 g/mol. The molecular formula is C17H35Cl2N3O. The summed E-state index contributed by atoms with van der Waals surface area (Å²) in [5.74, 6) is 1.59. The first-order chi connectivity index (χ1) is 9.97.